The summed E-state index contributed by atoms with van der Waals surface area (Å²) in [6, 6.07) is 0. The zero-order valence-electron chi connectivity index (χ0n) is 16.8. The van der Waals surface area contributed by atoms with Gasteiger partial charge < -0.3 is 15.0 Å². The number of carbonyl (C=O) groups excluding carboxylic acids is 1. The van der Waals surface area contributed by atoms with Crippen LogP contribution in [0.4, 0.5) is 9.18 Å². The number of hydrogen-bond acceptors (Lipinski definition) is 6. The third-order valence-electron chi connectivity index (χ3n) is 4.38. The average molecular weight is 407 g/mol. The third kappa shape index (κ3) is 4.92. The van der Waals surface area contributed by atoms with E-state index in [-0.39, 0.29) is 19.6 Å². The number of fused-ring (bicyclic) bond motifs is 1. The number of halogens is 1. The number of ether oxygens (including phenoxy) is 1. The van der Waals surface area contributed by atoms with Gasteiger partial charge in [0.25, 0.3) is 0 Å². The molecule has 1 fully saturated rings. The zero-order valence-corrected chi connectivity index (χ0v) is 17.6. The Kier molecular flexibility index (Phi) is 7.62. The Bertz CT molecular complexity index is 785. The second kappa shape index (κ2) is 9.73. The van der Waals surface area contributed by atoms with Gasteiger partial charge in [0.15, 0.2) is 5.67 Å². The minimum Gasteiger partial charge on any atom is -0.446 e. The molecule has 2 aliphatic rings. The number of amidine groups is 1. The van der Waals surface area contributed by atoms with Crippen molar-refractivity contribution < 1.29 is 13.9 Å². The van der Waals surface area contributed by atoms with Gasteiger partial charge >= 0.3 is 6.09 Å². The summed E-state index contributed by atoms with van der Waals surface area (Å²) in [5.74, 6) is 0.650. The topological polar surface area (TPSA) is 66.3 Å². The molecule has 0 saturated carbocycles. The lowest BCUT2D eigenvalue weighted by atomic mass is 10.00. The average Bonchev–Trinajstić information content (AvgIpc) is 3.05. The number of alkyl halides is 1. The number of rotatable bonds is 7. The van der Waals surface area contributed by atoms with E-state index in [0.29, 0.717) is 12.4 Å². The number of amides is 1. The van der Waals surface area contributed by atoms with Crippen molar-refractivity contribution in [2.24, 2.45) is 9.98 Å². The molecule has 2 rings (SSSR count). The Balaban J connectivity index is 2.38. The van der Waals surface area contributed by atoms with Crippen molar-refractivity contribution in [1.29, 1.82) is 0 Å². The van der Waals surface area contributed by atoms with Crippen LogP contribution in [-0.2, 0) is 4.74 Å². The minimum absolute atomic E-state index is 0.0455. The maximum Gasteiger partial charge on any atom is 0.406 e. The first-order valence-electron chi connectivity index (χ1n) is 9.03. The van der Waals surface area contributed by atoms with Crippen molar-refractivity contribution in [3.05, 3.63) is 46.4 Å². The molecule has 152 valence electrons. The predicted molar refractivity (Wildman–Crippen MR) is 115 cm³/mol. The number of nitrogens with zero attached hydrogens (tertiary/aromatic N) is 3. The van der Waals surface area contributed by atoms with Gasteiger partial charge in [0.2, 0.25) is 0 Å². The van der Waals surface area contributed by atoms with Crippen LogP contribution in [0.3, 0.4) is 0 Å². The molecule has 0 radical (unpaired) electrons. The predicted octanol–water partition coefficient (Wildman–Crippen LogP) is 3.85. The number of hydrogen-bond donors (Lipinski definition) is 1. The molecule has 0 aromatic rings. The molecule has 2 aliphatic heterocycles. The van der Waals surface area contributed by atoms with Crippen LogP contribution in [0.2, 0.25) is 0 Å². The fraction of sp³-hybridized carbons (Fsp3) is 0.450. The lowest BCUT2D eigenvalue weighted by Crippen LogP contribution is -2.39. The summed E-state index contributed by atoms with van der Waals surface area (Å²) in [4.78, 5) is 23.0. The van der Waals surface area contributed by atoms with Gasteiger partial charge in [-0.1, -0.05) is 30.5 Å². The molecule has 1 saturated heterocycles. The van der Waals surface area contributed by atoms with Gasteiger partial charge in [0.1, 0.15) is 12.4 Å². The molecule has 0 bridgehead atoms. The summed E-state index contributed by atoms with van der Waals surface area (Å²) in [6.07, 6.45) is 5.17. The van der Waals surface area contributed by atoms with Crippen LogP contribution >= 0.6 is 11.8 Å². The molecule has 8 heteroatoms. The molecule has 1 atom stereocenters. The highest BCUT2D eigenvalue weighted by molar-refractivity contribution is 8.06. The molecule has 1 amide bonds. The number of allylic oxidation sites excluding steroid dienone is 4. The van der Waals surface area contributed by atoms with E-state index < -0.39 is 11.8 Å². The molecule has 28 heavy (non-hydrogen) atoms. The molecular formula is C20H27FN4O2S. The number of nitrogens with one attached hydrogen (secondary N) is 1. The summed E-state index contributed by atoms with van der Waals surface area (Å²) in [7, 11) is 3.15. The Morgan fingerprint density at radius 1 is 1.50 bits per heavy atom. The first kappa shape index (κ1) is 21.9. The zero-order chi connectivity index (χ0) is 20.7. The third-order valence-corrected chi connectivity index (χ3v) is 5.25. The van der Waals surface area contributed by atoms with E-state index in [2.05, 4.69) is 21.9 Å². The Morgan fingerprint density at radius 3 is 2.86 bits per heavy atom. The molecule has 1 N–H and O–H groups in total. The van der Waals surface area contributed by atoms with Crippen LogP contribution in [0.1, 0.15) is 20.3 Å². The summed E-state index contributed by atoms with van der Waals surface area (Å²) < 4.78 is 20.6. The van der Waals surface area contributed by atoms with E-state index in [1.165, 1.54) is 18.8 Å². The summed E-state index contributed by atoms with van der Waals surface area (Å²) in [6.45, 7) is 8.04. The molecule has 1 unspecified atom stereocenters. The molecular weight excluding hydrogens is 379 g/mol. The summed E-state index contributed by atoms with van der Waals surface area (Å²) in [5, 5.41) is 4.25. The largest absolute Gasteiger partial charge is 0.446 e. The van der Waals surface area contributed by atoms with Crippen LogP contribution in [0.25, 0.3) is 0 Å². The lowest BCUT2D eigenvalue weighted by Gasteiger charge is -2.29. The van der Waals surface area contributed by atoms with E-state index in [4.69, 9.17) is 4.74 Å². The summed E-state index contributed by atoms with van der Waals surface area (Å²) in [5.41, 5.74) is 0.758. The minimum atomic E-state index is -1.71. The van der Waals surface area contributed by atoms with Crippen LogP contribution in [0.15, 0.2) is 56.4 Å². The second-order valence-corrected chi connectivity index (χ2v) is 7.42. The van der Waals surface area contributed by atoms with E-state index in [1.807, 2.05) is 42.4 Å². The molecule has 6 nitrogen and oxygen atoms in total. The number of alkyl carbamates (subject to hydrolysis) is 1. The first-order chi connectivity index (χ1) is 13.4. The maximum absolute atomic E-state index is 15.6. The van der Waals surface area contributed by atoms with Gasteiger partial charge in [0, 0.05) is 36.7 Å². The van der Waals surface area contributed by atoms with Crippen molar-refractivity contribution in [1.82, 2.24) is 10.2 Å². The van der Waals surface area contributed by atoms with Gasteiger partial charge in [0.05, 0.1) is 18.8 Å². The summed E-state index contributed by atoms with van der Waals surface area (Å²) >= 11 is 1.45. The maximum atomic E-state index is 15.6. The Hall–Kier alpha value is -2.35. The molecule has 0 aromatic carbocycles. The van der Waals surface area contributed by atoms with Crippen molar-refractivity contribution in [2.45, 2.75) is 25.9 Å². The first-order valence-corrected chi connectivity index (χ1v) is 9.91. The standard InChI is InChI=1S/C20H27FN4O2S/c1-6-8-16(22-4)15-11-24-18(14(3)28-9-7-2)25-12-20(21,10-17(15)25)13-27-19(26)23-5/h6-9H,3,10-13H2,1-2,4-5H3,(H,23,26)/b8-6-,9-7-,22-16+. The smallest absolute Gasteiger partial charge is 0.406 e. The molecule has 2 heterocycles. The van der Waals surface area contributed by atoms with Gasteiger partial charge in [-0.3, -0.25) is 9.98 Å². The molecule has 0 aliphatic carbocycles. The van der Waals surface area contributed by atoms with E-state index in [9.17, 15) is 4.79 Å². The SMILES string of the molecule is C=C(S/C=C\C)C1=NCC(C(/C=C\C)=N/C)=C2CC(F)(COC(=O)NC)CN12. The van der Waals surface area contributed by atoms with Crippen LogP contribution in [0.5, 0.6) is 0 Å². The second-order valence-electron chi connectivity index (χ2n) is 6.42. The van der Waals surface area contributed by atoms with Crippen LogP contribution in [-0.4, -0.2) is 62.0 Å². The fourth-order valence-electron chi connectivity index (χ4n) is 3.14. The quantitative estimate of drug-likeness (QED) is 0.652. The van der Waals surface area contributed by atoms with Crippen molar-refractivity contribution in [3.8, 4) is 0 Å². The highest BCUT2D eigenvalue weighted by Gasteiger charge is 2.47. The van der Waals surface area contributed by atoms with Crippen LogP contribution < -0.4 is 5.32 Å². The van der Waals surface area contributed by atoms with Gasteiger partial charge in [-0.05, 0) is 25.3 Å². The highest BCUT2D eigenvalue weighted by atomic mass is 32.2. The van der Waals surface area contributed by atoms with Crippen molar-refractivity contribution in [3.63, 3.8) is 0 Å². The van der Waals surface area contributed by atoms with Crippen molar-refractivity contribution in [2.75, 3.05) is 33.8 Å². The number of aliphatic imine (C=N–C) groups is 2. The van der Waals surface area contributed by atoms with Gasteiger partial charge in [-0.2, -0.15) is 0 Å². The normalized spacial score (nSPS) is 22.7. The van der Waals surface area contributed by atoms with Gasteiger partial charge in [-0.15, -0.1) is 0 Å². The van der Waals surface area contributed by atoms with E-state index in [1.54, 1.807) is 7.05 Å². The molecule has 0 spiro atoms. The highest BCUT2D eigenvalue weighted by Crippen LogP contribution is 2.40. The Labute approximate surface area is 170 Å². The number of thioether (sulfide) groups is 1. The van der Waals surface area contributed by atoms with E-state index >= 15 is 4.39 Å². The van der Waals surface area contributed by atoms with Gasteiger partial charge in [-0.25, -0.2) is 9.18 Å². The fourth-order valence-corrected chi connectivity index (χ4v) is 3.72. The Morgan fingerprint density at radius 2 is 2.25 bits per heavy atom. The number of carbonyl (C=O) groups is 1. The molecule has 0 aromatic heterocycles. The van der Waals surface area contributed by atoms with E-state index in [0.717, 1.165) is 21.9 Å². The monoisotopic (exact) mass is 406 g/mol. The lowest BCUT2D eigenvalue weighted by molar-refractivity contribution is 0.0588. The van der Waals surface area contributed by atoms with Crippen LogP contribution in [0, 0.1) is 0 Å². The van der Waals surface area contributed by atoms with Crippen molar-refractivity contribution >= 4 is 29.4 Å².